The number of rotatable bonds is 4. The van der Waals surface area contributed by atoms with Crippen LogP contribution in [0.15, 0.2) is 53.6 Å². The lowest BCUT2D eigenvalue weighted by atomic mass is 10.1. The topological polar surface area (TPSA) is 37.3 Å². The lowest BCUT2D eigenvalue weighted by Gasteiger charge is -2.00. The second kappa shape index (κ2) is 6.06. The number of nitrogens with zero attached hydrogens (tertiary/aromatic N) is 2. The van der Waals surface area contributed by atoms with E-state index in [4.69, 9.17) is 0 Å². The van der Waals surface area contributed by atoms with Crippen LogP contribution in [0.1, 0.15) is 20.3 Å². The van der Waals surface area contributed by atoms with Crippen molar-refractivity contribution in [3.05, 3.63) is 48.5 Å². The molecule has 0 unspecified atom stereocenters. The molecule has 0 atom stereocenters. The summed E-state index contributed by atoms with van der Waals surface area (Å²) in [6.07, 6.45) is 0.941. The normalized spacial score (nSPS) is 11.8. The van der Waals surface area contributed by atoms with Gasteiger partial charge < -0.3 is 0 Å². The Labute approximate surface area is 128 Å². The Kier molecular flexibility index (Phi) is 3.97. The summed E-state index contributed by atoms with van der Waals surface area (Å²) in [6.45, 7) is 4.10. The maximum absolute atomic E-state index is 4.55. The minimum Gasteiger partial charge on any atom is -0.253 e. The van der Waals surface area contributed by atoms with Gasteiger partial charge in [0.2, 0.25) is 5.13 Å². The largest absolute Gasteiger partial charge is 0.253 e. The highest BCUT2D eigenvalue weighted by atomic mass is 32.1. The van der Waals surface area contributed by atoms with Crippen molar-refractivity contribution in [2.45, 2.75) is 20.3 Å². The van der Waals surface area contributed by atoms with Gasteiger partial charge in [0.25, 0.3) is 0 Å². The third-order valence-corrected chi connectivity index (χ3v) is 4.27. The zero-order chi connectivity index (χ0) is 14.7. The lowest BCUT2D eigenvalue weighted by molar-refractivity contribution is 1.20. The van der Waals surface area contributed by atoms with E-state index < -0.39 is 0 Å². The molecule has 3 nitrogen and oxygen atoms in total. The summed E-state index contributed by atoms with van der Waals surface area (Å²) in [6, 6.07) is 16.8. The third-order valence-electron chi connectivity index (χ3n) is 3.35. The first-order valence-electron chi connectivity index (χ1n) is 7.01. The molecule has 0 amide bonds. The van der Waals surface area contributed by atoms with E-state index >= 15 is 0 Å². The maximum Gasteiger partial charge on any atom is 0.204 e. The maximum atomic E-state index is 4.55. The number of fused-ring (bicyclic) bond motifs is 1. The van der Waals surface area contributed by atoms with Gasteiger partial charge in [0, 0.05) is 5.71 Å². The molecule has 0 saturated carbocycles. The summed E-state index contributed by atoms with van der Waals surface area (Å²) in [5.41, 5.74) is 7.55. The zero-order valence-corrected chi connectivity index (χ0v) is 12.9. The molecule has 0 bridgehead atoms. The van der Waals surface area contributed by atoms with Crippen LogP contribution >= 0.6 is 11.3 Å². The van der Waals surface area contributed by atoms with Gasteiger partial charge in [-0.2, -0.15) is 5.10 Å². The Morgan fingerprint density at radius 2 is 1.95 bits per heavy atom. The molecule has 0 radical (unpaired) electrons. The summed E-state index contributed by atoms with van der Waals surface area (Å²) >= 11 is 1.63. The van der Waals surface area contributed by atoms with E-state index in [0.717, 1.165) is 22.8 Å². The van der Waals surface area contributed by atoms with E-state index in [-0.39, 0.29) is 0 Å². The fourth-order valence-corrected chi connectivity index (χ4v) is 2.85. The highest BCUT2D eigenvalue weighted by Gasteiger charge is 2.05. The zero-order valence-electron chi connectivity index (χ0n) is 12.1. The molecule has 1 heterocycles. The quantitative estimate of drug-likeness (QED) is 0.533. The number of thiazole rings is 1. The van der Waals surface area contributed by atoms with E-state index in [1.807, 2.05) is 13.0 Å². The highest BCUT2D eigenvalue weighted by Crippen LogP contribution is 2.30. The molecule has 0 fully saturated rings. The molecule has 4 heteroatoms. The fourth-order valence-electron chi connectivity index (χ4n) is 2.00. The van der Waals surface area contributed by atoms with Crippen LogP contribution in [-0.2, 0) is 0 Å². The summed E-state index contributed by atoms with van der Waals surface area (Å²) < 4.78 is 1.17. The molecule has 3 rings (SSSR count). The van der Waals surface area contributed by atoms with Gasteiger partial charge >= 0.3 is 0 Å². The molecule has 106 valence electrons. The molecule has 1 aromatic heterocycles. The summed E-state index contributed by atoms with van der Waals surface area (Å²) in [5, 5.41) is 5.14. The second-order valence-electron chi connectivity index (χ2n) is 4.88. The van der Waals surface area contributed by atoms with Gasteiger partial charge in [-0.15, -0.1) is 0 Å². The van der Waals surface area contributed by atoms with Crippen LogP contribution in [0.3, 0.4) is 0 Å². The van der Waals surface area contributed by atoms with Gasteiger partial charge in [0.15, 0.2) is 0 Å². The number of nitrogens with one attached hydrogen (secondary N) is 1. The second-order valence-corrected chi connectivity index (χ2v) is 5.91. The summed E-state index contributed by atoms with van der Waals surface area (Å²) in [4.78, 5) is 4.55. The van der Waals surface area contributed by atoms with Gasteiger partial charge in [0.05, 0.1) is 10.2 Å². The van der Waals surface area contributed by atoms with Crippen LogP contribution < -0.4 is 5.43 Å². The van der Waals surface area contributed by atoms with Gasteiger partial charge in [-0.1, -0.05) is 54.7 Å². The average Bonchev–Trinajstić information content (AvgIpc) is 2.95. The minimum atomic E-state index is 0.836. The van der Waals surface area contributed by atoms with Crippen molar-refractivity contribution >= 4 is 32.4 Å². The molecule has 0 aliphatic rings. The van der Waals surface area contributed by atoms with Crippen molar-refractivity contribution in [2.24, 2.45) is 5.10 Å². The SMILES string of the molecule is CC/C(C)=N\Nc1nc2ccc(-c3ccccc3)cc2s1. The molecule has 21 heavy (non-hydrogen) atoms. The van der Waals surface area contributed by atoms with E-state index in [9.17, 15) is 0 Å². The van der Waals surface area contributed by atoms with Crippen molar-refractivity contribution in [1.82, 2.24) is 4.98 Å². The molecule has 1 N–H and O–H groups in total. The highest BCUT2D eigenvalue weighted by molar-refractivity contribution is 7.22. The molecule has 3 aromatic rings. The van der Waals surface area contributed by atoms with Crippen molar-refractivity contribution < 1.29 is 0 Å². The van der Waals surface area contributed by atoms with Crippen molar-refractivity contribution in [3.8, 4) is 11.1 Å². The van der Waals surface area contributed by atoms with Crippen molar-refractivity contribution in [3.63, 3.8) is 0 Å². The smallest absolute Gasteiger partial charge is 0.204 e. The summed E-state index contributed by atoms with van der Waals surface area (Å²) in [5.74, 6) is 0. The molecular formula is C17H17N3S. The number of anilines is 1. The lowest BCUT2D eigenvalue weighted by Crippen LogP contribution is -1.94. The predicted octanol–water partition coefficient (Wildman–Crippen LogP) is 5.16. The van der Waals surface area contributed by atoms with Crippen LogP contribution in [0.25, 0.3) is 21.3 Å². The molecule has 0 spiro atoms. The Bertz CT molecular complexity index is 775. The first-order valence-corrected chi connectivity index (χ1v) is 7.83. The van der Waals surface area contributed by atoms with Crippen LogP contribution in [0.5, 0.6) is 0 Å². The predicted molar refractivity (Wildman–Crippen MR) is 92.1 cm³/mol. The molecule has 0 saturated heterocycles. The minimum absolute atomic E-state index is 0.836. The molecular weight excluding hydrogens is 278 g/mol. The van der Waals surface area contributed by atoms with E-state index in [2.05, 4.69) is 64.9 Å². The number of benzene rings is 2. The van der Waals surface area contributed by atoms with Gasteiger partial charge in [-0.05, 0) is 36.6 Å². The Balaban J connectivity index is 1.92. The monoisotopic (exact) mass is 295 g/mol. The Hall–Kier alpha value is -2.20. The van der Waals surface area contributed by atoms with E-state index in [1.165, 1.54) is 15.8 Å². The van der Waals surface area contributed by atoms with E-state index in [1.54, 1.807) is 11.3 Å². The van der Waals surface area contributed by atoms with Gasteiger partial charge in [-0.3, -0.25) is 5.43 Å². The first kappa shape index (κ1) is 13.8. The van der Waals surface area contributed by atoms with E-state index in [0.29, 0.717) is 0 Å². The van der Waals surface area contributed by atoms with Crippen LogP contribution in [0.4, 0.5) is 5.13 Å². The van der Waals surface area contributed by atoms with Crippen molar-refractivity contribution in [2.75, 3.05) is 5.43 Å². The summed E-state index contributed by atoms with van der Waals surface area (Å²) in [7, 11) is 0. The number of hydrogen-bond donors (Lipinski definition) is 1. The standard InChI is InChI=1S/C17H17N3S/c1-3-12(2)19-20-17-18-15-10-9-14(11-16(15)21-17)13-7-5-4-6-8-13/h4-11H,3H2,1-2H3,(H,18,20)/b19-12-. The average molecular weight is 295 g/mol. The molecule has 2 aromatic carbocycles. The fraction of sp³-hybridized carbons (Fsp3) is 0.176. The Morgan fingerprint density at radius 1 is 1.14 bits per heavy atom. The molecule has 0 aliphatic heterocycles. The number of aromatic nitrogens is 1. The van der Waals surface area contributed by atoms with Gasteiger partial charge in [0.1, 0.15) is 0 Å². The number of hydrazone groups is 1. The molecule has 0 aliphatic carbocycles. The van der Waals surface area contributed by atoms with Crippen LogP contribution in [0.2, 0.25) is 0 Å². The van der Waals surface area contributed by atoms with Crippen molar-refractivity contribution in [1.29, 1.82) is 0 Å². The van der Waals surface area contributed by atoms with Crippen LogP contribution in [0, 0.1) is 0 Å². The Morgan fingerprint density at radius 3 is 2.71 bits per heavy atom. The van der Waals surface area contributed by atoms with Crippen LogP contribution in [-0.4, -0.2) is 10.7 Å². The third kappa shape index (κ3) is 3.11. The first-order chi connectivity index (χ1) is 10.3. The number of hydrogen-bond acceptors (Lipinski definition) is 4. The van der Waals surface area contributed by atoms with Gasteiger partial charge in [-0.25, -0.2) is 4.98 Å².